The second-order valence-corrected chi connectivity index (χ2v) is 6.02. The highest BCUT2D eigenvalue weighted by Crippen LogP contribution is 2.30. The highest BCUT2D eigenvalue weighted by molar-refractivity contribution is 9.13. The molecule has 2 rings (SSSR count). The van der Waals surface area contributed by atoms with E-state index in [0.717, 1.165) is 19.0 Å². The Morgan fingerprint density at radius 3 is 2.00 bits per heavy atom. The lowest BCUT2D eigenvalue weighted by Gasteiger charge is -2.15. The van der Waals surface area contributed by atoms with Crippen molar-refractivity contribution < 1.29 is 9.59 Å². The average Bonchev–Trinajstić information content (AvgIpc) is 2.57. The van der Waals surface area contributed by atoms with Gasteiger partial charge >= 0.3 is 0 Å². The molecule has 0 saturated heterocycles. The Morgan fingerprint density at radius 1 is 0.882 bits per heavy atom. The van der Waals surface area contributed by atoms with Crippen LogP contribution in [0.25, 0.3) is 0 Å². The van der Waals surface area contributed by atoms with E-state index in [4.69, 9.17) is 0 Å². The first kappa shape index (κ1) is 13.0. The Hall–Kier alpha value is -0.460. The molecule has 0 radical (unpaired) electrons. The fourth-order valence-corrected chi connectivity index (χ4v) is 2.95. The van der Waals surface area contributed by atoms with Crippen molar-refractivity contribution in [2.75, 3.05) is 0 Å². The van der Waals surface area contributed by atoms with E-state index in [2.05, 4.69) is 47.8 Å². The van der Waals surface area contributed by atoms with Crippen molar-refractivity contribution in [3.8, 4) is 0 Å². The summed E-state index contributed by atoms with van der Waals surface area (Å²) in [6, 6.07) is 3.74. The number of halogens is 3. The number of hydrogen-bond donors (Lipinski definition) is 0. The predicted octanol–water partition coefficient (Wildman–Crippen LogP) is 3.40. The zero-order valence-electron chi connectivity index (χ0n) is 8.41. The van der Waals surface area contributed by atoms with Crippen LogP contribution in [0.3, 0.4) is 0 Å². The molecule has 0 unspecified atom stereocenters. The summed E-state index contributed by atoms with van der Waals surface area (Å²) in [6.45, 7) is 0.261. The van der Waals surface area contributed by atoms with Crippen molar-refractivity contribution in [3.05, 3.63) is 43.3 Å². The lowest BCUT2D eigenvalue weighted by molar-refractivity contribution is -0.137. The largest absolute Gasteiger partial charge is 0.271 e. The maximum absolute atomic E-state index is 11.4. The smallest absolute Gasteiger partial charge is 0.253 e. The maximum Gasteiger partial charge on any atom is 0.253 e. The zero-order chi connectivity index (χ0) is 12.6. The van der Waals surface area contributed by atoms with Crippen LogP contribution < -0.4 is 0 Å². The minimum absolute atomic E-state index is 0.261. The first-order chi connectivity index (χ1) is 7.99. The van der Waals surface area contributed by atoms with E-state index in [1.54, 1.807) is 0 Å². The third-order valence-electron chi connectivity index (χ3n) is 2.32. The Morgan fingerprint density at radius 2 is 1.41 bits per heavy atom. The van der Waals surface area contributed by atoms with Crippen molar-refractivity contribution in [2.45, 2.75) is 6.54 Å². The molecule has 0 N–H and O–H groups in total. The van der Waals surface area contributed by atoms with Crippen molar-refractivity contribution in [1.29, 1.82) is 0 Å². The van der Waals surface area contributed by atoms with Crippen LogP contribution in [-0.2, 0) is 16.1 Å². The Bertz CT molecular complexity index is 522. The third-order valence-corrected chi connectivity index (χ3v) is 4.90. The van der Waals surface area contributed by atoms with Gasteiger partial charge in [0.25, 0.3) is 11.8 Å². The number of hydrogen-bond acceptors (Lipinski definition) is 2. The summed E-state index contributed by atoms with van der Waals surface area (Å²) in [5.74, 6) is -0.554. The zero-order valence-corrected chi connectivity index (χ0v) is 13.2. The van der Waals surface area contributed by atoms with Crippen LogP contribution in [0.4, 0.5) is 0 Å². The van der Waals surface area contributed by atoms with Gasteiger partial charge in [0.2, 0.25) is 0 Å². The van der Waals surface area contributed by atoms with Gasteiger partial charge in [0.15, 0.2) is 0 Å². The van der Waals surface area contributed by atoms with Gasteiger partial charge in [-0.25, -0.2) is 0 Å². The standard InChI is InChI=1S/C11H6Br3NO2/c12-7-4-9(14)8(13)3-6(7)5-15-10(16)1-2-11(15)17/h1-4H,5H2. The minimum atomic E-state index is -0.277. The molecule has 88 valence electrons. The first-order valence-corrected chi connectivity index (χ1v) is 7.04. The molecule has 0 bridgehead atoms. The fraction of sp³-hybridized carbons (Fsp3) is 0.0909. The Labute approximate surface area is 123 Å². The molecule has 17 heavy (non-hydrogen) atoms. The molecule has 3 nitrogen and oxygen atoms in total. The quantitative estimate of drug-likeness (QED) is 0.540. The molecule has 2 amide bonds. The number of carbonyl (C=O) groups is 2. The summed E-state index contributed by atoms with van der Waals surface area (Å²) < 4.78 is 2.63. The minimum Gasteiger partial charge on any atom is -0.271 e. The third kappa shape index (κ3) is 2.69. The molecule has 0 atom stereocenters. The molecule has 1 aliphatic heterocycles. The van der Waals surface area contributed by atoms with E-state index in [9.17, 15) is 9.59 Å². The van der Waals surface area contributed by atoms with Crippen molar-refractivity contribution >= 4 is 59.6 Å². The summed E-state index contributed by atoms with van der Waals surface area (Å²) in [5, 5.41) is 0. The van der Waals surface area contributed by atoms with E-state index in [0.29, 0.717) is 0 Å². The number of imide groups is 1. The van der Waals surface area contributed by atoms with Gasteiger partial charge in [0, 0.05) is 25.6 Å². The van der Waals surface area contributed by atoms with E-state index < -0.39 is 0 Å². The number of carbonyl (C=O) groups excluding carboxylic acids is 2. The summed E-state index contributed by atoms with van der Waals surface area (Å²) in [4.78, 5) is 24.1. The van der Waals surface area contributed by atoms with Crippen LogP contribution in [0.15, 0.2) is 37.7 Å². The van der Waals surface area contributed by atoms with Crippen LogP contribution in [0, 0.1) is 0 Å². The van der Waals surface area contributed by atoms with Gasteiger partial charge in [-0.1, -0.05) is 15.9 Å². The number of rotatable bonds is 2. The average molecular weight is 424 g/mol. The SMILES string of the molecule is O=C1C=CC(=O)N1Cc1cc(Br)c(Br)cc1Br. The monoisotopic (exact) mass is 421 g/mol. The molecule has 0 aromatic heterocycles. The molecule has 6 heteroatoms. The van der Waals surface area contributed by atoms with Crippen LogP contribution in [0.5, 0.6) is 0 Å². The van der Waals surface area contributed by atoms with Crippen LogP contribution >= 0.6 is 47.8 Å². The molecular weight excluding hydrogens is 418 g/mol. The lowest BCUT2D eigenvalue weighted by Crippen LogP contribution is -2.29. The molecule has 1 aromatic rings. The molecule has 0 fully saturated rings. The van der Waals surface area contributed by atoms with Gasteiger partial charge < -0.3 is 0 Å². The summed E-state index contributed by atoms with van der Waals surface area (Å²) in [6.07, 6.45) is 2.56. The first-order valence-electron chi connectivity index (χ1n) is 4.66. The lowest BCUT2D eigenvalue weighted by atomic mass is 10.2. The van der Waals surface area contributed by atoms with Crippen molar-refractivity contribution in [2.24, 2.45) is 0 Å². The van der Waals surface area contributed by atoms with Gasteiger partial charge in [0.05, 0.1) is 6.54 Å². The Balaban J connectivity index is 2.28. The molecule has 0 saturated carbocycles. The maximum atomic E-state index is 11.4. The molecule has 1 aromatic carbocycles. The highest BCUT2D eigenvalue weighted by Gasteiger charge is 2.24. The van der Waals surface area contributed by atoms with Gasteiger partial charge in [-0.05, 0) is 49.6 Å². The molecule has 1 heterocycles. The van der Waals surface area contributed by atoms with E-state index >= 15 is 0 Å². The molecule has 0 aliphatic carbocycles. The number of amides is 2. The highest BCUT2D eigenvalue weighted by atomic mass is 79.9. The summed E-state index contributed by atoms with van der Waals surface area (Å²) in [7, 11) is 0. The summed E-state index contributed by atoms with van der Waals surface area (Å²) in [5.41, 5.74) is 0.866. The number of nitrogens with zero attached hydrogens (tertiary/aromatic N) is 1. The van der Waals surface area contributed by atoms with Gasteiger partial charge in [-0.2, -0.15) is 0 Å². The molecular formula is C11H6Br3NO2. The predicted molar refractivity (Wildman–Crippen MR) is 74.2 cm³/mol. The van der Waals surface area contributed by atoms with Crippen LogP contribution in [0.2, 0.25) is 0 Å². The van der Waals surface area contributed by atoms with Crippen molar-refractivity contribution in [1.82, 2.24) is 4.90 Å². The van der Waals surface area contributed by atoms with Gasteiger partial charge in [0.1, 0.15) is 0 Å². The second kappa shape index (κ2) is 5.04. The van der Waals surface area contributed by atoms with Gasteiger partial charge in [-0.15, -0.1) is 0 Å². The Kier molecular flexibility index (Phi) is 3.85. The van der Waals surface area contributed by atoms with E-state index in [1.807, 2.05) is 12.1 Å². The van der Waals surface area contributed by atoms with E-state index in [1.165, 1.54) is 17.1 Å². The van der Waals surface area contributed by atoms with Crippen LogP contribution in [0.1, 0.15) is 5.56 Å². The van der Waals surface area contributed by atoms with Crippen molar-refractivity contribution in [3.63, 3.8) is 0 Å². The van der Waals surface area contributed by atoms with E-state index in [-0.39, 0.29) is 18.4 Å². The fourth-order valence-electron chi connectivity index (χ4n) is 1.44. The topological polar surface area (TPSA) is 37.4 Å². The van der Waals surface area contributed by atoms with Crippen LogP contribution in [-0.4, -0.2) is 16.7 Å². The molecule has 1 aliphatic rings. The summed E-state index contributed by atoms with van der Waals surface area (Å²) >= 11 is 10.2. The number of benzene rings is 1. The second-order valence-electron chi connectivity index (χ2n) is 3.45. The van der Waals surface area contributed by atoms with Gasteiger partial charge in [-0.3, -0.25) is 14.5 Å². The molecule has 0 spiro atoms. The normalized spacial score (nSPS) is 14.9.